The highest BCUT2D eigenvalue weighted by atomic mass is 19.1. The number of rotatable bonds is 2. The first-order valence-electron chi connectivity index (χ1n) is 4.59. The summed E-state index contributed by atoms with van der Waals surface area (Å²) in [6, 6.07) is 4.48. The first-order valence-corrected chi connectivity index (χ1v) is 4.59. The van der Waals surface area contributed by atoms with Crippen LogP contribution in [0.5, 0.6) is 0 Å². The molecule has 0 atom stereocenters. The van der Waals surface area contributed by atoms with Gasteiger partial charge in [-0.15, -0.1) is 0 Å². The molecule has 15 heavy (non-hydrogen) atoms. The van der Waals surface area contributed by atoms with Gasteiger partial charge in [0, 0.05) is 6.42 Å². The highest BCUT2D eigenvalue weighted by Crippen LogP contribution is 2.26. The molecule has 2 N–H and O–H groups in total. The number of nitrogen functional groups attached to an aromatic ring is 1. The standard InChI is InChI=1S/C10H10FN3O/c1-2-8-13-10(15-14-8)6-4-3-5-7(11)9(6)12/h3-5H,2,12H2,1H3. The second-order valence-corrected chi connectivity index (χ2v) is 3.07. The van der Waals surface area contributed by atoms with Crippen LogP contribution in [0.3, 0.4) is 0 Å². The van der Waals surface area contributed by atoms with Gasteiger partial charge < -0.3 is 10.3 Å². The van der Waals surface area contributed by atoms with Crippen molar-refractivity contribution in [2.24, 2.45) is 0 Å². The molecule has 0 radical (unpaired) electrons. The van der Waals surface area contributed by atoms with Gasteiger partial charge in [0.2, 0.25) is 0 Å². The fraction of sp³-hybridized carbons (Fsp3) is 0.200. The Morgan fingerprint density at radius 3 is 2.93 bits per heavy atom. The molecule has 0 amide bonds. The molecule has 0 aliphatic carbocycles. The predicted octanol–water partition coefficient (Wildman–Crippen LogP) is 2.02. The van der Waals surface area contributed by atoms with Crippen LogP contribution in [0.15, 0.2) is 22.7 Å². The fourth-order valence-electron chi connectivity index (χ4n) is 1.23. The number of anilines is 1. The van der Waals surface area contributed by atoms with E-state index in [4.69, 9.17) is 10.3 Å². The van der Waals surface area contributed by atoms with E-state index in [-0.39, 0.29) is 11.6 Å². The molecule has 0 saturated heterocycles. The molecular weight excluding hydrogens is 197 g/mol. The van der Waals surface area contributed by atoms with E-state index in [9.17, 15) is 4.39 Å². The average Bonchev–Trinajstić information content (AvgIpc) is 2.70. The largest absolute Gasteiger partial charge is 0.396 e. The third-order valence-corrected chi connectivity index (χ3v) is 2.07. The van der Waals surface area contributed by atoms with Crippen LogP contribution >= 0.6 is 0 Å². The number of halogens is 1. The highest BCUT2D eigenvalue weighted by molar-refractivity contribution is 5.70. The van der Waals surface area contributed by atoms with Crippen LogP contribution in [0.1, 0.15) is 12.7 Å². The number of hydrogen-bond donors (Lipinski definition) is 1. The van der Waals surface area contributed by atoms with E-state index in [2.05, 4.69) is 10.1 Å². The lowest BCUT2D eigenvalue weighted by Gasteiger charge is -2.00. The first-order chi connectivity index (χ1) is 7.22. The number of hydrogen-bond acceptors (Lipinski definition) is 4. The van der Waals surface area contributed by atoms with Crippen LogP contribution in [0.4, 0.5) is 10.1 Å². The summed E-state index contributed by atoms with van der Waals surface area (Å²) in [7, 11) is 0. The smallest absolute Gasteiger partial charge is 0.260 e. The van der Waals surface area contributed by atoms with Gasteiger partial charge in [0.05, 0.1) is 11.3 Å². The monoisotopic (exact) mass is 207 g/mol. The molecule has 0 aliphatic heterocycles. The lowest BCUT2D eigenvalue weighted by molar-refractivity contribution is 0.423. The maximum atomic E-state index is 13.1. The van der Waals surface area contributed by atoms with Crippen molar-refractivity contribution in [3.8, 4) is 11.5 Å². The van der Waals surface area contributed by atoms with Gasteiger partial charge in [0.15, 0.2) is 5.82 Å². The maximum absolute atomic E-state index is 13.1. The third-order valence-electron chi connectivity index (χ3n) is 2.07. The predicted molar refractivity (Wildman–Crippen MR) is 53.5 cm³/mol. The lowest BCUT2D eigenvalue weighted by atomic mass is 10.2. The number of benzene rings is 1. The van der Waals surface area contributed by atoms with E-state index in [1.807, 2.05) is 6.92 Å². The molecule has 2 aromatic rings. The first kappa shape index (κ1) is 9.64. The van der Waals surface area contributed by atoms with Gasteiger partial charge in [-0.3, -0.25) is 0 Å². The van der Waals surface area contributed by atoms with Crippen molar-refractivity contribution in [3.05, 3.63) is 29.8 Å². The average molecular weight is 207 g/mol. The molecule has 0 saturated carbocycles. The van der Waals surface area contributed by atoms with Crippen LogP contribution in [-0.2, 0) is 6.42 Å². The number of nitrogens with two attached hydrogens (primary N) is 1. The Bertz CT molecular complexity index is 481. The molecule has 0 aliphatic rings. The van der Waals surface area contributed by atoms with E-state index in [0.29, 0.717) is 17.8 Å². The highest BCUT2D eigenvalue weighted by Gasteiger charge is 2.12. The number of aromatic nitrogens is 2. The summed E-state index contributed by atoms with van der Waals surface area (Å²) in [5.74, 6) is 0.348. The Balaban J connectivity index is 2.49. The summed E-state index contributed by atoms with van der Waals surface area (Å²) >= 11 is 0. The van der Waals surface area contributed by atoms with Crippen molar-refractivity contribution in [1.29, 1.82) is 0 Å². The zero-order chi connectivity index (χ0) is 10.8. The number of nitrogens with zero attached hydrogens (tertiary/aromatic N) is 2. The van der Waals surface area contributed by atoms with Crippen LogP contribution in [0.25, 0.3) is 11.5 Å². The van der Waals surface area contributed by atoms with Crippen molar-refractivity contribution in [3.63, 3.8) is 0 Å². The van der Waals surface area contributed by atoms with E-state index in [1.54, 1.807) is 12.1 Å². The topological polar surface area (TPSA) is 64.9 Å². The van der Waals surface area contributed by atoms with Crippen molar-refractivity contribution in [2.45, 2.75) is 13.3 Å². The molecule has 1 heterocycles. The Labute approximate surface area is 85.9 Å². The minimum atomic E-state index is -0.483. The quantitative estimate of drug-likeness (QED) is 0.765. The maximum Gasteiger partial charge on any atom is 0.260 e. The van der Waals surface area contributed by atoms with E-state index in [0.717, 1.165) is 0 Å². The Morgan fingerprint density at radius 1 is 1.47 bits per heavy atom. The van der Waals surface area contributed by atoms with E-state index in [1.165, 1.54) is 6.07 Å². The van der Waals surface area contributed by atoms with E-state index >= 15 is 0 Å². The van der Waals surface area contributed by atoms with Crippen LogP contribution < -0.4 is 5.73 Å². The van der Waals surface area contributed by atoms with Gasteiger partial charge in [0.1, 0.15) is 5.82 Å². The molecule has 1 aromatic carbocycles. The summed E-state index contributed by atoms with van der Waals surface area (Å²) < 4.78 is 18.1. The molecule has 2 rings (SSSR count). The van der Waals surface area contributed by atoms with Crippen molar-refractivity contribution in [1.82, 2.24) is 10.1 Å². The molecule has 0 fully saturated rings. The van der Waals surface area contributed by atoms with Gasteiger partial charge >= 0.3 is 0 Å². The van der Waals surface area contributed by atoms with Crippen LogP contribution in [0, 0.1) is 5.82 Å². The summed E-state index contributed by atoms with van der Waals surface area (Å²) in [5, 5.41) is 3.72. The Hall–Kier alpha value is -1.91. The molecule has 78 valence electrons. The summed E-state index contributed by atoms with van der Waals surface area (Å²) in [4.78, 5) is 4.08. The van der Waals surface area contributed by atoms with Gasteiger partial charge in [-0.1, -0.05) is 18.1 Å². The van der Waals surface area contributed by atoms with Gasteiger partial charge in [-0.2, -0.15) is 4.98 Å². The second-order valence-electron chi connectivity index (χ2n) is 3.07. The lowest BCUT2D eigenvalue weighted by Crippen LogP contribution is -1.94. The van der Waals surface area contributed by atoms with Crippen LogP contribution in [-0.4, -0.2) is 10.1 Å². The Kier molecular flexibility index (Phi) is 2.37. The molecule has 0 unspecified atom stereocenters. The van der Waals surface area contributed by atoms with Gasteiger partial charge in [-0.05, 0) is 12.1 Å². The van der Waals surface area contributed by atoms with Crippen molar-refractivity contribution < 1.29 is 8.91 Å². The SMILES string of the molecule is CCc1noc(-c2cccc(F)c2N)n1. The Morgan fingerprint density at radius 2 is 2.27 bits per heavy atom. The second kappa shape index (κ2) is 3.68. The summed E-state index contributed by atoms with van der Waals surface area (Å²) in [6.45, 7) is 1.91. The molecule has 0 spiro atoms. The normalized spacial score (nSPS) is 10.5. The minimum absolute atomic E-state index is 0.0313. The zero-order valence-electron chi connectivity index (χ0n) is 8.20. The number of aryl methyl sites for hydroxylation is 1. The van der Waals surface area contributed by atoms with Crippen molar-refractivity contribution in [2.75, 3.05) is 5.73 Å². The molecule has 0 bridgehead atoms. The van der Waals surface area contributed by atoms with E-state index < -0.39 is 5.82 Å². The molecular formula is C10H10FN3O. The fourth-order valence-corrected chi connectivity index (χ4v) is 1.23. The molecule has 4 nitrogen and oxygen atoms in total. The van der Waals surface area contributed by atoms with Crippen LogP contribution in [0.2, 0.25) is 0 Å². The minimum Gasteiger partial charge on any atom is -0.396 e. The third kappa shape index (κ3) is 1.68. The van der Waals surface area contributed by atoms with Gasteiger partial charge in [0.25, 0.3) is 5.89 Å². The van der Waals surface area contributed by atoms with Crippen molar-refractivity contribution >= 4 is 5.69 Å². The van der Waals surface area contributed by atoms with Gasteiger partial charge in [-0.25, -0.2) is 4.39 Å². The molecule has 1 aromatic heterocycles. The number of para-hydroxylation sites is 1. The zero-order valence-corrected chi connectivity index (χ0v) is 8.20. The molecule has 5 heteroatoms. The summed E-state index contributed by atoms with van der Waals surface area (Å²) in [5.41, 5.74) is 6.03. The summed E-state index contributed by atoms with van der Waals surface area (Å²) in [6.07, 6.45) is 0.665.